The maximum atomic E-state index is 11.9. The number of para-hydroxylation sites is 1. The van der Waals surface area contributed by atoms with E-state index in [1.807, 2.05) is 6.07 Å². The summed E-state index contributed by atoms with van der Waals surface area (Å²) in [7, 11) is 1.47. The molecule has 0 saturated carbocycles. The van der Waals surface area contributed by atoms with Crippen LogP contribution in [0.5, 0.6) is 0 Å². The number of carbonyl (C=O) groups excluding carboxylic acids is 2. The largest absolute Gasteiger partial charge is 0.467 e. The second-order valence-electron chi connectivity index (χ2n) is 4.56. The Morgan fingerprint density at radius 2 is 2.04 bits per heavy atom. The van der Waals surface area contributed by atoms with E-state index in [9.17, 15) is 9.59 Å². The lowest BCUT2D eigenvalue weighted by Gasteiger charge is -2.13. The number of furan rings is 1. The van der Waals surface area contributed by atoms with Crippen LogP contribution in [-0.4, -0.2) is 25.5 Å². The molecule has 0 aliphatic rings. The summed E-state index contributed by atoms with van der Waals surface area (Å²) in [6.45, 7) is 0.0795. The van der Waals surface area contributed by atoms with Crippen molar-refractivity contribution < 1.29 is 18.7 Å². The number of ether oxygens (including phenoxy) is 1. The molecule has 1 aromatic heterocycles. The SMILES string of the molecule is COC(CNC(=O)C(=O)Nc1ccccc1C#N)c1ccco1. The van der Waals surface area contributed by atoms with Gasteiger partial charge in [0.15, 0.2) is 0 Å². The molecule has 0 saturated heterocycles. The van der Waals surface area contributed by atoms with E-state index in [0.717, 1.165) is 0 Å². The number of amides is 2. The number of nitriles is 1. The van der Waals surface area contributed by atoms with Crippen molar-refractivity contribution in [1.29, 1.82) is 5.26 Å². The average Bonchev–Trinajstić information content (AvgIpc) is 3.10. The first-order valence-electron chi connectivity index (χ1n) is 6.80. The number of benzene rings is 1. The van der Waals surface area contributed by atoms with Crippen molar-refractivity contribution in [3.63, 3.8) is 0 Å². The van der Waals surface area contributed by atoms with Crippen LogP contribution in [0.15, 0.2) is 47.1 Å². The Hall–Kier alpha value is -3.11. The molecule has 0 aliphatic heterocycles. The van der Waals surface area contributed by atoms with Gasteiger partial charge in [0.25, 0.3) is 0 Å². The van der Waals surface area contributed by atoms with E-state index in [1.54, 1.807) is 36.4 Å². The molecule has 1 unspecified atom stereocenters. The van der Waals surface area contributed by atoms with Gasteiger partial charge in [0.1, 0.15) is 17.9 Å². The third-order valence-electron chi connectivity index (χ3n) is 3.09. The number of nitrogens with one attached hydrogen (secondary N) is 2. The Balaban J connectivity index is 1.93. The second kappa shape index (κ2) is 7.77. The first-order valence-corrected chi connectivity index (χ1v) is 6.80. The molecule has 0 radical (unpaired) electrons. The summed E-state index contributed by atoms with van der Waals surface area (Å²) in [6, 6.07) is 11.8. The van der Waals surface area contributed by atoms with E-state index in [1.165, 1.54) is 13.4 Å². The number of hydrogen-bond donors (Lipinski definition) is 2. The highest BCUT2D eigenvalue weighted by Gasteiger charge is 2.19. The van der Waals surface area contributed by atoms with Gasteiger partial charge in [0.2, 0.25) is 0 Å². The van der Waals surface area contributed by atoms with Crippen LogP contribution in [-0.2, 0) is 14.3 Å². The fourth-order valence-electron chi connectivity index (χ4n) is 1.91. The molecule has 118 valence electrons. The van der Waals surface area contributed by atoms with Crippen molar-refractivity contribution >= 4 is 17.5 Å². The quantitative estimate of drug-likeness (QED) is 0.816. The van der Waals surface area contributed by atoms with Crippen molar-refractivity contribution in [2.45, 2.75) is 6.10 Å². The molecule has 1 heterocycles. The molecule has 1 aromatic carbocycles. The van der Waals surface area contributed by atoms with Gasteiger partial charge < -0.3 is 19.8 Å². The second-order valence-corrected chi connectivity index (χ2v) is 4.56. The fraction of sp³-hybridized carbons (Fsp3) is 0.188. The minimum atomic E-state index is -0.859. The zero-order chi connectivity index (χ0) is 16.7. The Labute approximate surface area is 132 Å². The molecule has 0 fully saturated rings. The number of anilines is 1. The van der Waals surface area contributed by atoms with Crippen LogP contribution in [0, 0.1) is 11.3 Å². The van der Waals surface area contributed by atoms with Gasteiger partial charge in [-0.25, -0.2) is 0 Å². The Kier molecular flexibility index (Phi) is 5.50. The minimum absolute atomic E-state index is 0.0795. The highest BCUT2D eigenvalue weighted by molar-refractivity contribution is 6.39. The highest BCUT2D eigenvalue weighted by Crippen LogP contribution is 2.16. The van der Waals surface area contributed by atoms with Gasteiger partial charge in [-0.15, -0.1) is 0 Å². The number of rotatable bonds is 5. The van der Waals surface area contributed by atoms with Gasteiger partial charge in [-0.2, -0.15) is 5.26 Å². The number of carbonyl (C=O) groups is 2. The first-order chi connectivity index (χ1) is 11.2. The van der Waals surface area contributed by atoms with Crippen LogP contribution in [0.1, 0.15) is 17.4 Å². The van der Waals surface area contributed by atoms with Gasteiger partial charge in [-0.3, -0.25) is 9.59 Å². The summed E-state index contributed by atoms with van der Waals surface area (Å²) in [5.74, 6) is -1.14. The Morgan fingerprint density at radius 3 is 2.70 bits per heavy atom. The molecule has 2 rings (SSSR count). The summed E-state index contributed by atoms with van der Waals surface area (Å²) < 4.78 is 10.4. The predicted octanol–water partition coefficient (Wildman–Crippen LogP) is 1.59. The van der Waals surface area contributed by atoms with Crippen LogP contribution in [0.3, 0.4) is 0 Å². The van der Waals surface area contributed by atoms with E-state index < -0.39 is 17.9 Å². The van der Waals surface area contributed by atoms with E-state index in [2.05, 4.69) is 10.6 Å². The van der Waals surface area contributed by atoms with Crippen LogP contribution in [0.4, 0.5) is 5.69 Å². The van der Waals surface area contributed by atoms with E-state index in [-0.39, 0.29) is 17.8 Å². The van der Waals surface area contributed by atoms with Gasteiger partial charge in [-0.05, 0) is 24.3 Å². The number of hydrogen-bond acceptors (Lipinski definition) is 5. The lowest BCUT2D eigenvalue weighted by Crippen LogP contribution is -2.38. The standard InChI is InChI=1S/C16H15N3O4/c1-22-14(13-7-4-8-23-13)10-18-15(20)16(21)19-12-6-3-2-5-11(12)9-17/h2-8,14H,10H2,1H3,(H,18,20)(H,19,21). The molecule has 23 heavy (non-hydrogen) atoms. The molecular weight excluding hydrogens is 298 g/mol. The van der Waals surface area contributed by atoms with Crippen molar-refractivity contribution in [3.8, 4) is 6.07 Å². The Bertz CT molecular complexity index is 719. The van der Waals surface area contributed by atoms with Crippen LogP contribution < -0.4 is 10.6 Å². The van der Waals surface area contributed by atoms with Gasteiger partial charge >= 0.3 is 11.8 Å². The summed E-state index contributed by atoms with van der Waals surface area (Å²) in [5, 5.41) is 13.8. The Morgan fingerprint density at radius 1 is 1.26 bits per heavy atom. The first kappa shape index (κ1) is 16.3. The molecule has 2 N–H and O–H groups in total. The molecule has 7 nitrogen and oxygen atoms in total. The fourth-order valence-corrected chi connectivity index (χ4v) is 1.91. The molecule has 2 amide bonds. The molecular formula is C16H15N3O4. The number of methoxy groups -OCH3 is 1. The minimum Gasteiger partial charge on any atom is -0.467 e. The summed E-state index contributed by atoms with van der Waals surface area (Å²) in [5.41, 5.74) is 0.559. The van der Waals surface area contributed by atoms with Crippen LogP contribution >= 0.6 is 0 Å². The maximum absolute atomic E-state index is 11.9. The summed E-state index contributed by atoms with van der Waals surface area (Å²) in [6.07, 6.45) is 1.00. The zero-order valence-corrected chi connectivity index (χ0v) is 12.4. The molecule has 0 aliphatic carbocycles. The van der Waals surface area contributed by atoms with Crippen molar-refractivity contribution in [3.05, 3.63) is 54.0 Å². The molecule has 0 bridgehead atoms. The lowest BCUT2D eigenvalue weighted by atomic mass is 10.2. The smallest absolute Gasteiger partial charge is 0.313 e. The van der Waals surface area contributed by atoms with E-state index in [4.69, 9.17) is 14.4 Å². The molecule has 0 spiro atoms. The number of nitrogens with zero attached hydrogens (tertiary/aromatic N) is 1. The highest BCUT2D eigenvalue weighted by atomic mass is 16.5. The van der Waals surface area contributed by atoms with Crippen molar-refractivity contribution in [1.82, 2.24) is 5.32 Å². The van der Waals surface area contributed by atoms with Crippen LogP contribution in [0.2, 0.25) is 0 Å². The van der Waals surface area contributed by atoms with E-state index >= 15 is 0 Å². The third-order valence-corrected chi connectivity index (χ3v) is 3.09. The summed E-state index contributed by atoms with van der Waals surface area (Å²) in [4.78, 5) is 23.7. The molecule has 7 heteroatoms. The lowest BCUT2D eigenvalue weighted by molar-refractivity contribution is -0.136. The molecule has 2 aromatic rings. The maximum Gasteiger partial charge on any atom is 0.313 e. The molecule has 1 atom stereocenters. The topological polar surface area (TPSA) is 104 Å². The summed E-state index contributed by atoms with van der Waals surface area (Å²) >= 11 is 0. The van der Waals surface area contributed by atoms with Gasteiger partial charge in [0.05, 0.1) is 24.1 Å². The van der Waals surface area contributed by atoms with E-state index in [0.29, 0.717) is 5.76 Å². The average molecular weight is 313 g/mol. The van der Waals surface area contributed by atoms with Crippen LogP contribution in [0.25, 0.3) is 0 Å². The van der Waals surface area contributed by atoms with Gasteiger partial charge in [0, 0.05) is 7.11 Å². The monoisotopic (exact) mass is 313 g/mol. The zero-order valence-electron chi connectivity index (χ0n) is 12.4. The van der Waals surface area contributed by atoms with Crippen molar-refractivity contribution in [2.75, 3.05) is 19.0 Å². The third kappa shape index (κ3) is 4.18. The van der Waals surface area contributed by atoms with Gasteiger partial charge in [-0.1, -0.05) is 12.1 Å². The normalized spacial score (nSPS) is 11.3. The predicted molar refractivity (Wildman–Crippen MR) is 81.3 cm³/mol. The van der Waals surface area contributed by atoms with Crippen molar-refractivity contribution in [2.24, 2.45) is 0 Å².